The summed E-state index contributed by atoms with van der Waals surface area (Å²) < 4.78 is 5.50. The molecule has 1 aromatic rings. The van der Waals surface area contributed by atoms with E-state index in [2.05, 4.69) is 6.07 Å². The molecule has 13 heavy (non-hydrogen) atoms. The first-order chi connectivity index (χ1) is 6.27. The predicted octanol–water partition coefficient (Wildman–Crippen LogP) is 3.16. The SMILES string of the molecule is CC(Cl)OC1C=Cc2c[c]ccc21. The highest BCUT2D eigenvalue weighted by Crippen LogP contribution is 2.31. The molecule has 0 amide bonds. The molecule has 67 valence electrons. The van der Waals surface area contributed by atoms with E-state index in [0.29, 0.717) is 0 Å². The Morgan fingerprint density at radius 1 is 1.62 bits per heavy atom. The molecule has 0 N–H and O–H groups in total. The lowest BCUT2D eigenvalue weighted by Crippen LogP contribution is -2.04. The molecule has 2 unspecified atom stereocenters. The predicted molar refractivity (Wildman–Crippen MR) is 53.5 cm³/mol. The minimum absolute atomic E-state index is 0.0112. The number of hydrogen-bond acceptors (Lipinski definition) is 1. The van der Waals surface area contributed by atoms with Crippen molar-refractivity contribution in [3.63, 3.8) is 0 Å². The molecule has 2 atom stereocenters. The zero-order valence-corrected chi connectivity index (χ0v) is 8.08. The zero-order chi connectivity index (χ0) is 9.26. The van der Waals surface area contributed by atoms with Gasteiger partial charge in [-0.05, 0) is 30.2 Å². The van der Waals surface area contributed by atoms with Crippen molar-refractivity contribution in [2.45, 2.75) is 18.6 Å². The number of rotatable bonds is 2. The number of alkyl halides is 1. The van der Waals surface area contributed by atoms with Crippen LogP contribution in [-0.2, 0) is 4.74 Å². The molecule has 0 aromatic heterocycles. The lowest BCUT2D eigenvalue weighted by Gasteiger charge is -2.13. The van der Waals surface area contributed by atoms with Crippen molar-refractivity contribution in [3.05, 3.63) is 41.5 Å². The van der Waals surface area contributed by atoms with E-state index < -0.39 is 0 Å². The summed E-state index contributed by atoms with van der Waals surface area (Å²) in [5, 5.41) is 0. The van der Waals surface area contributed by atoms with Gasteiger partial charge in [0.25, 0.3) is 0 Å². The maximum Gasteiger partial charge on any atom is 0.129 e. The molecule has 0 aliphatic heterocycles. The number of hydrogen-bond donors (Lipinski definition) is 0. The van der Waals surface area contributed by atoms with Crippen molar-refractivity contribution in [3.8, 4) is 0 Å². The van der Waals surface area contributed by atoms with Crippen LogP contribution in [0.25, 0.3) is 6.08 Å². The summed E-state index contributed by atoms with van der Waals surface area (Å²) in [6.45, 7) is 1.82. The molecule has 2 rings (SSSR count). The first kappa shape index (κ1) is 8.79. The molecule has 1 radical (unpaired) electrons. The second kappa shape index (κ2) is 3.52. The minimum Gasteiger partial charge on any atom is -0.351 e. The first-order valence-corrected chi connectivity index (χ1v) is 4.69. The van der Waals surface area contributed by atoms with E-state index >= 15 is 0 Å². The summed E-state index contributed by atoms with van der Waals surface area (Å²) in [5.74, 6) is 0. The molecular weight excluding hydrogens is 184 g/mol. The topological polar surface area (TPSA) is 9.23 Å². The molecule has 1 aliphatic carbocycles. The van der Waals surface area contributed by atoms with Crippen molar-refractivity contribution < 1.29 is 4.74 Å². The molecule has 0 bridgehead atoms. The van der Waals surface area contributed by atoms with Gasteiger partial charge in [-0.25, -0.2) is 0 Å². The Bertz CT molecular complexity index is 331. The highest BCUT2D eigenvalue weighted by Gasteiger charge is 2.18. The average molecular weight is 194 g/mol. The fourth-order valence-electron chi connectivity index (χ4n) is 1.47. The Morgan fingerprint density at radius 2 is 2.46 bits per heavy atom. The molecule has 1 nitrogen and oxygen atoms in total. The lowest BCUT2D eigenvalue weighted by molar-refractivity contribution is 0.0728. The molecular formula is C11H10ClO. The quantitative estimate of drug-likeness (QED) is 0.656. The Balaban J connectivity index is 2.23. The Kier molecular flexibility index (Phi) is 2.38. The van der Waals surface area contributed by atoms with Gasteiger partial charge in [-0.15, -0.1) is 0 Å². The Morgan fingerprint density at radius 3 is 3.23 bits per heavy atom. The zero-order valence-electron chi connectivity index (χ0n) is 7.33. The van der Waals surface area contributed by atoms with Gasteiger partial charge in [-0.2, -0.15) is 0 Å². The van der Waals surface area contributed by atoms with Crippen molar-refractivity contribution in [2.75, 3.05) is 0 Å². The molecule has 2 heteroatoms. The highest BCUT2D eigenvalue weighted by atomic mass is 35.5. The molecule has 0 spiro atoms. The number of halogens is 1. The van der Waals surface area contributed by atoms with Gasteiger partial charge in [-0.3, -0.25) is 0 Å². The molecule has 0 saturated heterocycles. The van der Waals surface area contributed by atoms with Gasteiger partial charge < -0.3 is 4.74 Å². The number of ether oxygens (including phenoxy) is 1. The minimum atomic E-state index is -0.259. The molecule has 0 saturated carbocycles. The van der Waals surface area contributed by atoms with Crippen molar-refractivity contribution in [1.29, 1.82) is 0 Å². The summed E-state index contributed by atoms with van der Waals surface area (Å²) in [6.07, 6.45) is 4.06. The van der Waals surface area contributed by atoms with E-state index in [1.165, 1.54) is 11.1 Å². The van der Waals surface area contributed by atoms with Crippen LogP contribution in [0, 0.1) is 6.07 Å². The van der Waals surface area contributed by atoms with E-state index in [1.807, 2.05) is 37.3 Å². The summed E-state index contributed by atoms with van der Waals surface area (Å²) in [7, 11) is 0. The number of fused-ring (bicyclic) bond motifs is 1. The van der Waals surface area contributed by atoms with Gasteiger partial charge >= 0.3 is 0 Å². The fraction of sp³-hybridized carbons (Fsp3) is 0.273. The third-order valence-electron chi connectivity index (χ3n) is 2.02. The standard InChI is InChI=1S/C11H10ClO/c1-8(12)13-11-7-6-9-4-2-3-5-10(9)11/h3-8,11H,1H3. The maximum absolute atomic E-state index is 5.76. The van der Waals surface area contributed by atoms with Gasteiger partial charge in [-0.1, -0.05) is 35.9 Å². The highest BCUT2D eigenvalue weighted by molar-refractivity contribution is 6.19. The van der Waals surface area contributed by atoms with Crippen molar-refractivity contribution in [1.82, 2.24) is 0 Å². The van der Waals surface area contributed by atoms with Crippen molar-refractivity contribution in [2.24, 2.45) is 0 Å². The maximum atomic E-state index is 5.76. The van der Waals surface area contributed by atoms with Gasteiger partial charge in [0, 0.05) is 0 Å². The molecule has 0 heterocycles. The van der Waals surface area contributed by atoms with E-state index in [-0.39, 0.29) is 11.7 Å². The van der Waals surface area contributed by atoms with Crippen LogP contribution < -0.4 is 0 Å². The Hall–Kier alpha value is -0.790. The fourth-order valence-corrected chi connectivity index (χ4v) is 1.59. The Labute approximate surface area is 83.0 Å². The van der Waals surface area contributed by atoms with Crippen LogP contribution in [0.5, 0.6) is 0 Å². The van der Waals surface area contributed by atoms with Gasteiger partial charge in [0.05, 0.1) is 0 Å². The van der Waals surface area contributed by atoms with Crippen molar-refractivity contribution >= 4 is 17.7 Å². The van der Waals surface area contributed by atoms with Crippen LogP contribution in [0.2, 0.25) is 0 Å². The van der Waals surface area contributed by atoms with E-state index in [0.717, 1.165) is 0 Å². The third kappa shape index (κ3) is 1.77. The molecule has 1 aliphatic rings. The van der Waals surface area contributed by atoms with Crippen LogP contribution >= 0.6 is 11.6 Å². The summed E-state index contributed by atoms with van der Waals surface area (Å²) in [4.78, 5) is 0. The first-order valence-electron chi connectivity index (χ1n) is 4.25. The van der Waals surface area contributed by atoms with Gasteiger partial charge in [0.2, 0.25) is 0 Å². The lowest BCUT2D eigenvalue weighted by atomic mass is 10.1. The van der Waals surface area contributed by atoms with Crippen LogP contribution in [-0.4, -0.2) is 5.56 Å². The van der Waals surface area contributed by atoms with Crippen LogP contribution in [0.1, 0.15) is 24.2 Å². The number of benzene rings is 1. The van der Waals surface area contributed by atoms with Crippen LogP contribution in [0.15, 0.2) is 24.3 Å². The largest absolute Gasteiger partial charge is 0.351 e. The summed E-state index contributed by atoms with van der Waals surface area (Å²) >= 11 is 5.76. The third-order valence-corrected chi connectivity index (χ3v) is 2.13. The average Bonchev–Trinajstić information content (AvgIpc) is 2.48. The second-order valence-corrected chi connectivity index (χ2v) is 3.63. The van der Waals surface area contributed by atoms with E-state index in [9.17, 15) is 0 Å². The normalized spacial score (nSPS) is 21.5. The van der Waals surface area contributed by atoms with Gasteiger partial charge in [0.15, 0.2) is 0 Å². The van der Waals surface area contributed by atoms with Crippen LogP contribution in [0.4, 0.5) is 0 Å². The van der Waals surface area contributed by atoms with Gasteiger partial charge in [0.1, 0.15) is 11.7 Å². The summed E-state index contributed by atoms with van der Waals surface area (Å²) in [5.41, 5.74) is 2.08. The monoisotopic (exact) mass is 193 g/mol. The smallest absolute Gasteiger partial charge is 0.129 e. The van der Waals surface area contributed by atoms with E-state index in [1.54, 1.807) is 0 Å². The molecule has 0 fully saturated rings. The molecule has 1 aromatic carbocycles. The van der Waals surface area contributed by atoms with Crippen LogP contribution in [0.3, 0.4) is 0 Å². The summed E-state index contributed by atoms with van der Waals surface area (Å²) in [6, 6.07) is 8.88. The van der Waals surface area contributed by atoms with E-state index in [4.69, 9.17) is 16.3 Å². The second-order valence-electron chi connectivity index (χ2n) is 3.01.